The van der Waals surface area contributed by atoms with Crippen molar-refractivity contribution in [1.29, 1.82) is 0 Å². The van der Waals surface area contributed by atoms with Crippen LogP contribution in [0.2, 0.25) is 0 Å². The zero-order valence-electron chi connectivity index (χ0n) is 10.3. The van der Waals surface area contributed by atoms with Crippen LogP contribution in [-0.2, 0) is 0 Å². The Hall–Kier alpha value is -1.56. The molecule has 1 N–H and O–H groups in total. The number of rotatable bonds is 3. The van der Waals surface area contributed by atoms with Crippen LogP contribution in [0.15, 0.2) is 20.8 Å². The van der Waals surface area contributed by atoms with Crippen LogP contribution in [-0.4, -0.2) is 16.2 Å². The third-order valence-electron chi connectivity index (χ3n) is 1.65. The Bertz CT molecular complexity index is 499. The van der Waals surface area contributed by atoms with Gasteiger partial charge >= 0.3 is 5.76 Å². The fraction of sp³-hybridized carbons (Fsp3) is 0.455. The number of aromatic nitrogens is 2. The predicted octanol–water partition coefficient (Wildman–Crippen LogP) is 2.90. The average molecular weight is 256 g/mol. The number of ether oxygens (including phenoxy) is 1. The van der Waals surface area contributed by atoms with Gasteiger partial charge < -0.3 is 4.74 Å². The van der Waals surface area contributed by atoms with Crippen molar-refractivity contribution in [3.8, 4) is 16.5 Å². The molecule has 0 amide bonds. The second kappa shape index (κ2) is 6.24. The first kappa shape index (κ1) is 13.5. The summed E-state index contributed by atoms with van der Waals surface area (Å²) < 4.78 is 9.99. The molecule has 0 aliphatic rings. The van der Waals surface area contributed by atoms with Gasteiger partial charge in [0.2, 0.25) is 0 Å². The van der Waals surface area contributed by atoms with Gasteiger partial charge in [0, 0.05) is 0 Å². The van der Waals surface area contributed by atoms with E-state index in [0.717, 1.165) is 4.88 Å². The minimum atomic E-state index is -0.561. The predicted molar refractivity (Wildman–Crippen MR) is 67.5 cm³/mol. The molecule has 2 aromatic rings. The van der Waals surface area contributed by atoms with Crippen LogP contribution in [0, 0.1) is 0 Å². The monoisotopic (exact) mass is 256 g/mol. The fourth-order valence-corrected chi connectivity index (χ4v) is 1.90. The largest absolute Gasteiger partial charge is 0.489 e. The molecule has 2 aromatic heterocycles. The molecule has 0 fully saturated rings. The van der Waals surface area contributed by atoms with E-state index in [1.807, 2.05) is 39.1 Å². The number of aromatic amines is 1. The lowest BCUT2D eigenvalue weighted by Gasteiger charge is -2.08. The van der Waals surface area contributed by atoms with Crippen LogP contribution in [0.1, 0.15) is 27.7 Å². The molecule has 6 heteroatoms. The zero-order chi connectivity index (χ0) is 12.8. The number of nitrogens with one attached hydrogen (secondary N) is 1. The minimum absolute atomic E-state index is 0.0805. The van der Waals surface area contributed by atoms with Crippen molar-refractivity contribution in [3.63, 3.8) is 0 Å². The lowest BCUT2D eigenvalue weighted by atomic mass is 10.4. The van der Waals surface area contributed by atoms with Gasteiger partial charge in [-0.1, -0.05) is 19.0 Å². The molecule has 2 heterocycles. The van der Waals surface area contributed by atoms with Gasteiger partial charge in [-0.15, -0.1) is 11.3 Å². The van der Waals surface area contributed by atoms with Gasteiger partial charge in [0.05, 0.1) is 6.10 Å². The molecule has 0 spiro atoms. The Balaban J connectivity index is 0.000000686. The molecule has 0 unspecified atom stereocenters. The number of thiophene rings is 1. The van der Waals surface area contributed by atoms with Gasteiger partial charge in [0.25, 0.3) is 0 Å². The summed E-state index contributed by atoms with van der Waals surface area (Å²) in [7, 11) is 0. The normalized spacial score (nSPS) is 9.94. The Kier molecular flexibility index (Phi) is 4.96. The summed E-state index contributed by atoms with van der Waals surface area (Å²) >= 11 is 1.44. The highest BCUT2D eigenvalue weighted by Crippen LogP contribution is 2.33. The van der Waals surface area contributed by atoms with Crippen molar-refractivity contribution in [1.82, 2.24) is 10.1 Å². The van der Waals surface area contributed by atoms with Crippen LogP contribution in [0.3, 0.4) is 0 Å². The minimum Gasteiger partial charge on any atom is -0.489 e. The summed E-state index contributed by atoms with van der Waals surface area (Å²) in [6.45, 7) is 7.87. The zero-order valence-corrected chi connectivity index (χ0v) is 11.1. The third-order valence-corrected chi connectivity index (χ3v) is 2.55. The van der Waals surface area contributed by atoms with Crippen LogP contribution in [0.5, 0.6) is 5.75 Å². The molecular weight excluding hydrogens is 240 g/mol. The van der Waals surface area contributed by atoms with Crippen molar-refractivity contribution in [2.24, 2.45) is 0 Å². The first-order valence-electron chi connectivity index (χ1n) is 5.47. The van der Waals surface area contributed by atoms with E-state index in [4.69, 9.17) is 4.74 Å². The van der Waals surface area contributed by atoms with E-state index >= 15 is 0 Å². The van der Waals surface area contributed by atoms with Crippen molar-refractivity contribution in [3.05, 3.63) is 22.0 Å². The van der Waals surface area contributed by atoms with Gasteiger partial charge in [-0.2, -0.15) is 0 Å². The van der Waals surface area contributed by atoms with Crippen LogP contribution < -0.4 is 10.5 Å². The van der Waals surface area contributed by atoms with Gasteiger partial charge in [-0.3, -0.25) is 9.51 Å². The Labute approximate surface area is 103 Å². The molecule has 94 valence electrons. The summed E-state index contributed by atoms with van der Waals surface area (Å²) in [5, 5.41) is 5.49. The fourth-order valence-electron chi connectivity index (χ4n) is 1.14. The second-order valence-electron chi connectivity index (χ2n) is 3.22. The third kappa shape index (κ3) is 3.45. The Morgan fingerprint density at radius 3 is 2.71 bits per heavy atom. The van der Waals surface area contributed by atoms with Crippen molar-refractivity contribution < 1.29 is 9.26 Å². The molecule has 0 radical (unpaired) electrons. The number of H-pyrrole nitrogens is 1. The molecule has 17 heavy (non-hydrogen) atoms. The van der Waals surface area contributed by atoms with Crippen LogP contribution in [0.4, 0.5) is 0 Å². The van der Waals surface area contributed by atoms with E-state index < -0.39 is 5.76 Å². The highest BCUT2D eigenvalue weighted by atomic mass is 32.1. The average Bonchev–Trinajstić information content (AvgIpc) is 2.89. The van der Waals surface area contributed by atoms with E-state index in [-0.39, 0.29) is 6.10 Å². The highest BCUT2D eigenvalue weighted by Gasteiger charge is 2.13. The molecule has 0 bridgehead atoms. The molecule has 0 aromatic carbocycles. The summed E-state index contributed by atoms with van der Waals surface area (Å²) in [6, 6.07) is 1.84. The SMILES string of the molecule is CC.CC(C)Oc1ccsc1-c1noc(=O)[nH]1. The maximum absolute atomic E-state index is 10.8. The first-order valence-corrected chi connectivity index (χ1v) is 6.35. The van der Waals surface area contributed by atoms with Crippen molar-refractivity contribution >= 4 is 11.3 Å². The lowest BCUT2D eigenvalue weighted by Crippen LogP contribution is -2.05. The molecular formula is C11H16N2O3S. The molecule has 5 nitrogen and oxygen atoms in total. The molecule has 0 atom stereocenters. The van der Waals surface area contributed by atoms with Crippen LogP contribution in [0.25, 0.3) is 10.7 Å². The van der Waals surface area contributed by atoms with E-state index in [0.29, 0.717) is 11.6 Å². The molecule has 2 rings (SSSR count). The maximum Gasteiger partial charge on any atom is 0.439 e. The maximum atomic E-state index is 10.8. The number of nitrogens with zero attached hydrogens (tertiary/aromatic N) is 1. The first-order chi connectivity index (χ1) is 8.16. The smallest absolute Gasteiger partial charge is 0.439 e. The summed E-state index contributed by atoms with van der Waals surface area (Å²) in [5.74, 6) is 0.555. The number of hydrogen-bond acceptors (Lipinski definition) is 5. The second-order valence-corrected chi connectivity index (χ2v) is 4.14. The van der Waals surface area contributed by atoms with Crippen molar-refractivity contribution in [2.75, 3.05) is 0 Å². The van der Waals surface area contributed by atoms with Gasteiger partial charge in [-0.05, 0) is 25.3 Å². The van der Waals surface area contributed by atoms with E-state index in [1.54, 1.807) is 0 Å². The van der Waals surface area contributed by atoms with E-state index in [2.05, 4.69) is 14.7 Å². The van der Waals surface area contributed by atoms with Crippen molar-refractivity contribution in [2.45, 2.75) is 33.8 Å². The topological polar surface area (TPSA) is 68.1 Å². The lowest BCUT2D eigenvalue weighted by molar-refractivity contribution is 0.244. The Morgan fingerprint density at radius 1 is 1.47 bits per heavy atom. The summed E-state index contributed by atoms with van der Waals surface area (Å²) in [4.78, 5) is 14.1. The highest BCUT2D eigenvalue weighted by molar-refractivity contribution is 7.13. The quantitative estimate of drug-likeness (QED) is 0.916. The van der Waals surface area contributed by atoms with Crippen LogP contribution >= 0.6 is 11.3 Å². The molecule has 0 aliphatic heterocycles. The Morgan fingerprint density at radius 2 is 2.18 bits per heavy atom. The van der Waals surface area contributed by atoms with Gasteiger partial charge in [0.1, 0.15) is 10.6 Å². The van der Waals surface area contributed by atoms with Gasteiger partial charge in [-0.25, -0.2) is 4.79 Å². The standard InChI is InChI=1S/C9H10N2O3S.C2H6/c1-5(2)13-6-3-4-15-7(6)8-10-9(12)14-11-8;1-2/h3-5H,1-2H3,(H,10,11,12);1-2H3. The van der Waals surface area contributed by atoms with E-state index in [9.17, 15) is 4.79 Å². The molecule has 0 saturated carbocycles. The summed E-state index contributed by atoms with van der Waals surface area (Å²) in [5.41, 5.74) is 0. The van der Waals surface area contributed by atoms with E-state index in [1.165, 1.54) is 11.3 Å². The summed E-state index contributed by atoms with van der Waals surface area (Å²) in [6.07, 6.45) is 0.0805. The molecule has 0 saturated heterocycles. The van der Waals surface area contributed by atoms with Gasteiger partial charge in [0.15, 0.2) is 5.82 Å². The molecule has 0 aliphatic carbocycles. The number of hydrogen-bond donors (Lipinski definition) is 1.